The molecule has 162 valence electrons. The second-order valence-electron chi connectivity index (χ2n) is 6.21. The summed E-state index contributed by atoms with van der Waals surface area (Å²) in [5, 5.41) is 9.31. The van der Waals surface area contributed by atoms with Crippen LogP contribution in [0, 0.1) is 5.41 Å². The van der Waals surface area contributed by atoms with E-state index in [2.05, 4.69) is 5.32 Å². The highest BCUT2D eigenvalue weighted by Gasteiger charge is 2.33. The van der Waals surface area contributed by atoms with E-state index < -0.39 is 29.3 Å². The molecule has 0 saturated carbocycles. The number of likely N-dealkylation sites (N-methyl/N-ethyl adjacent to an activating group) is 1. The van der Waals surface area contributed by atoms with Crippen LogP contribution < -0.4 is 11.1 Å². The fraction of sp³-hybridized carbons (Fsp3) is 0.474. The second-order valence-corrected chi connectivity index (χ2v) is 6.77. The van der Waals surface area contributed by atoms with Gasteiger partial charge in [0.2, 0.25) is 0 Å². The van der Waals surface area contributed by atoms with Gasteiger partial charge in [-0.15, -0.1) is 11.6 Å². The predicted octanol–water partition coefficient (Wildman–Crippen LogP) is 3.41. The van der Waals surface area contributed by atoms with Crippen molar-refractivity contribution in [3.63, 3.8) is 0 Å². The second kappa shape index (κ2) is 11.1. The molecular formula is C19H26ClF3N4O2. The van der Waals surface area contributed by atoms with Gasteiger partial charge < -0.3 is 15.8 Å². The monoisotopic (exact) mass is 434 g/mol. The summed E-state index contributed by atoms with van der Waals surface area (Å²) in [6.07, 6.45) is -3.32. The van der Waals surface area contributed by atoms with E-state index in [-0.39, 0.29) is 11.6 Å². The minimum atomic E-state index is -4.42. The number of carbonyl (C=O) groups is 1. The van der Waals surface area contributed by atoms with Gasteiger partial charge in [0.1, 0.15) is 5.84 Å². The molecule has 1 aromatic carbocycles. The van der Waals surface area contributed by atoms with E-state index in [1.54, 1.807) is 7.05 Å². The smallest absolute Gasteiger partial charge is 0.416 e. The van der Waals surface area contributed by atoms with Crippen molar-refractivity contribution in [3.05, 3.63) is 41.2 Å². The molecule has 2 rings (SSSR count). The lowest BCUT2D eigenvalue weighted by atomic mass is 10.1. The number of alkyl halides is 4. The van der Waals surface area contributed by atoms with Crippen LogP contribution in [0.15, 0.2) is 30.0 Å². The summed E-state index contributed by atoms with van der Waals surface area (Å²) in [6, 6.07) is 4.39. The number of nitrogens with zero attached hydrogens (tertiary/aromatic N) is 1. The normalized spacial score (nSPS) is 18.7. The molecule has 10 heteroatoms. The number of hydrogen-bond acceptors (Lipinski definition) is 4. The van der Waals surface area contributed by atoms with Gasteiger partial charge >= 0.3 is 6.18 Å². The highest BCUT2D eigenvalue weighted by Crippen LogP contribution is 2.29. The van der Waals surface area contributed by atoms with Crippen LogP contribution in [-0.2, 0) is 15.7 Å². The number of rotatable bonds is 7. The first-order valence-electron chi connectivity index (χ1n) is 9.08. The Balaban J connectivity index is 0.00000204. The average molecular weight is 435 g/mol. The largest absolute Gasteiger partial charge is 0.463 e. The van der Waals surface area contributed by atoms with Crippen molar-refractivity contribution in [2.45, 2.75) is 38.0 Å². The molecule has 0 radical (unpaired) electrons. The fourth-order valence-electron chi connectivity index (χ4n) is 2.47. The summed E-state index contributed by atoms with van der Waals surface area (Å²) in [5.74, 6) is -0.457. The van der Waals surface area contributed by atoms with Gasteiger partial charge in [0.25, 0.3) is 5.91 Å². The van der Waals surface area contributed by atoms with E-state index in [1.807, 2.05) is 18.7 Å². The third-order valence-corrected chi connectivity index (χ3v) is 4.29. The molecule has 1 aromatic rings. The van der Waals surface area contributed by atoms with E-state index in [9.17, 15) is 18.0 Å². The van der Waals surface area contributed by atoms with Crippen LogP contribution in [0.4, 0.5) is 13.2 Å². The third-order valence-electron chi connectivity index (χ3n) is 3.84. The van der Waals surface area contributed by atoms with Crippen LogP contribution in [0.5, 0.6) is 0 Å². The average Bonchev–Trinajstić information content (AvgIpc) is 3.01. The number of hydrogen-bond donors (Lipinski definition) is 3. The van der Waals surface area contributed by atoms with E-state index in [0.717, 1.165) is 12.1 Å². The summed E-state index contributed by atoms with van der Waals surface area (Å²) in [6.45, 7) is 4.85. The van der Waals surface area contributed by atoms with Crippen molar-refractivity contribution in [1.82, 2.24) is 10.2 Å². The zero-order valence-corrected chi connectivity index (χ0v) is 17.3. The molecule has 1 fully saturated rings. The van der Waals surface area contributed by atoms with Gasteiger partial charge in [-0.3, -0.25) is 15.1 Å². The molecule has 0 bridgehead atoms. The number of benzene rings is 1. The molecule has 6 nitrogen and oxygen atoms in total. The van der Waals surface area contributed by atoms with Gasteiger partial charge in [0.05, 0.1) is 17.5 Å². The first-order chi connectivity index (χ1) is 13.6. The maximum Gasteiger partial charge on any atom is 0.416 e. The molecule has 0 aromatic heterocycles. The molecular weight excluding hydrogens is 409 g/mol. The van der Waals surface area contributed by atoms with Crippen LogP contribution in [0.2, 0.25) is 0 Å². The first-order valence-corrected chi connectivity index (χ1v) is 9.52. The van der Waals surface area contributed by atoms with Gasteiger partial charge in [-0.1, -0.05) is 26.0 Å². The number of amidine groups is 1. The van der Waals surface area contributed by atoms with Crippen LogP contribution in [0.1, 0.15) is 31.4 Å². The zero-order valence-electron chi connectivity index (χ0n) is 16.5. The molecule has 1 aliphatic heterocycles. The van der Waals surface area contributed by atoms with Gasteiger partial charge in [-0.25, -0.2) is 0 Å². The van der Waals surface area contributed by atoms with Crippen LogP contribution in [-0.4, -0.2) is 48.4 Å². The summed E-state index contributed by atoms with van der Waals surface area (Å²) >= 11 is 6.27. The Morgan fingerprint density at radius 1 is 1.38 bits per heavy atom. The molecule has 1 amide bonds. The summed E-state index contributed by atoms with van der Waals surface area (Å²) in [4.78, 5) is 13.8. The lowest BCUT2D eigenvalue weighted by molar-refractivity contribution is -0.137. The fourth-order valence-corrected chi connectivity index (χ4v) is 2.68. The van der Waals surface area contributed by atoms with Crippen molar-refractivity contribution in [2.24, 2.45) is 5.73 Å². The SMILES string of the molecule is CC.CN(CCC(Cl)C1NC(=O)/C(=C/c2ccc(C(F)(F)F)cc2)O1)CC(=N)N. The highest BCUT2D eigenvalue weighted by atomic mass is 35.5. The Morgan fingerprint density at radius 3 is 2.48 bits per heavy atom. The first kappa shape index (κ1) is 24.8. The molecule has 4 N–H and O–H groups in total. The Morgan fingerprint density at radius 2 is 1.97 bits per heavy atom. The molecule has 0 spiro atoms. The van der Waals surface area contributed by atoms with Crippen LogP contribution in [0.3, 0.4) is 0 Å². The number of amides is 1. The van der Waals surface area contributed by atoms with E-state index in [0.29, 0.717) is 25.1 Å². The van der Waals surface area contributed by atoms with Crippen molar-refractivity contribution >= 4 is 29.4 Å². The minimum absolute atomic E-state index is 0.0116. The highest BCUT2D eigenvalue weighted by molar-refractivity contribution is 6.21. The molecule has 29 heavy (non-hydrogen) atoms. The molecule has 1 saturated heterocycles. The summed E-state index contributed by atoms with van der Waals surface area (Å²) in [7, 11) is 1.79. The van der Waals surface area contributed by atoms with Gasteiger partial charge in [0.15, 0.2) is 12.0 Å². The lowest BCUT2D eigenvalue weighted by Gasteiger charge is -2.20. The molecule has 1 aliphatic rings. The molecule has 2 atom stereocenters. The Hall–Kier alpha value is -2.26. The minimum Gasteiger partial charge on any atom is -0.463 e. The topological polar surface area (TPSA) is 91.4 Å². The molecule has 1 heterocycles. The summed E-state index contributed by atoms with van der Waals surface area (Å²) < 4.78 is 43.3. The molecule has 2 unspecified atom stereocenters. The van der Waals surface area contributed by atoms with E-state index in [1.165, 1.54) is 18.2 Å². The number of carbonyl (C=O) groups excluding carboxylic acids is 1. The van der Waals surface area contributed by atoms with Crippen LogP contribution >= 0.6 is 11.6 Å². The maximum atomic E-state index is 12.6. The molecule has 0 aliphatic carbocycles. The quantitative estimate of drug-likeness (QED) is 0.265. The van der Waals surface area contributed by atoms with Crippen molar-refractivity contribution in [1.29, 1.82) is 5.41 Å². The van der Waals surface area contributed by atoms with Crippen molar-refractivity contribution < 1.29 is 22.7 Å². The lowest BCUT2D eigenvalue weighted by Crippen LogP contribution is -2.37. The van der Waals surface area contributed by atoms with Crippen LogP contribution in [0.25, 0.3) is 6.08 Å². The van der Waals surface area contributed by atoms with Gasteiger partial charge in [-0.05, 0) is 43.8 Å². The number of nitrogens with one attached hydrogen (secondary N) is 2. The maximum absolute atomic E-state index is 12.6. The number of nitrogens with two attached hydrogens (primary N) is 1. The predicted molar refractivity (Wildman–Crippen MR) is 107 cm³/mol. The third kappa shape index (κ3) is 7.94. The zero-order chi connectivity index (χ0) is 22.2. The van der Waals surface area contributed by atoms with Gasteiger partial charge in [0, 0.05) is 0 Å². The number of halogens is 4. The Labute approximate surface area is 173 Å². The van der Waals surface area contributed by atoms with E-state index >= 15 is 0 Å². The standard InChI is InChI=1S/C17H20ClF3N4O2.C2H6/c1-25(9-14(22)23)7-6-12(18)16-24-15(26)13(27-16)8-10-2-4-11(5-3-10)17(19,20)21;1-2/h2-5,8,12,16H,6-7,9H2,1H3,(H3,22,23)(H,24,26);1-2H3/b13-8-;. The van der Waals surface area contributed by atoms with E-state index in [4.69, 9.17) is 27.5 Å². The summed E-state index contributed by atoms with van der Waals surface area (Å²) in [5.41, 5.74) is 4.96. The van der Waals surface area contributed by atoms with Crippen molar-refractivity contribution in [3.8, 4) is 0 Å². The van der Waals surface area contributed by atoms with Crippen molar-refractivity contribution in [2.75, 3.05) is 20.1 Å². The van der Waals surface area contributed by atoms with Gasteiger partial charge in [-0.2, -0.15) is 13.2 Å². The number of ether oxygens (including phenoxy) is 1. The Bertz CT molecular complexity index is 723. The Kier molecular flexibility index (Phi) is 9.45.